The molecule has 1 atom stereocenters. The van der Waals surface area contributed by atoms with Crippen LogP contribution in [0.2, 0.25) is 0 Å². The Kier molecular flexibility index (Phi) is 7.53. The van der Waals surface area contributed by atoms with Crippen LogP contribution in [0.1, 0.15) is 49.2 Å². The molecule has 2 aromatic rings. The second kappa shape index (κ2) is 10.1. The predicted molar refractivity (Wildman–Crippen MR) is 121 cm³/mol. The molecule has 0 N–H and O–H groups in total. The minimum atomic E-state index is -0.132. The monoisotopic (exact) mass is 428 g/mol. The van der Waals surface area contributed by atoms with E-state index in [1.54, 1.807) is 23.2 Å². The van der Waals surface area contributed by atoms with Gasteiger partial charge in [0.2, 0.25) is 11.8 Å². The standard InChI is InChI=1S/C24H32N2O3S/c1-17(2)9-12-25(19(4)27)15-24(28)26-13-10-23-21(11-14-30-23)22(26)16-29-20-7-5-18(3)6-8-20/h5-8,11,14,17,22H,9-10,12-13,15-16H2,1-4H3/t22-/m0/s1. The van der Waals surface area contributed by atoms with Crippen LogP contribution in [0.3, 0.4) is 0 Å². The Morgan fingerprint density at radius 2 is 1.97 bits per heavy atom. The van der Waals surface area contributed by atoms with E-state index in [1.165, 1.54) is 16.0 Å². The molecule has 0 saturated carbocycles. The highest BCUT2D eigenvalue weighted by Crippen LogP contribution is 2.34. The summed E-state index contributed by atoms with van der Waals surface area (Å²) in [6.07, 6.45) is 1.74. The van der Waals surface area contributed by atoms with Crippen molar-refractivity contribution in [3.63, 3.8) is 0 Å². The van der Waals surface area contributed by atoms with E-state index in [-0.39, 0.29) is 24.4 Å². The van der Waals surface area contributed by atoms with Gasteiger partial charge in [-0.2, -0.15) is 0 Å². The number of hydrogen-bond donors (Lipinski definition) is 0. The number of amides is 2. The van der Waals surface area contributed by atoms with Gasteiger partial charge in [0.1, 0.15) is 12.4 Å². The van der Waals surface area contributed by atoms with Crippen LogP contribution < -0.4 is 4.74 Å². The molecule has 0 aliphatic carbocycles. The number of nitrogens with zero attached hydrogens (tertiary/aromatic N) is 2. The predicted octanol–water partition coefficient (Wildman–Crippen LogP) is 4.46. The SMILES string of the molecule is CC(=O)N(CCC(C)C)CC(=O)N1CCc2sccc2[C@@H]1COc1ccc(C)cc1. The molecule has 1 aliphatic rings. The number of fused-ring (bicyclic) bond motifs is 1. The summed E-state index contributed by atoms with van der Waals surface area (Å²) < 4.78 is 6.07. The van der Waals surface area contributed by atoms with Crippen LogP contribution in [0.15, 0.2) is 35.7 Å². The normalized spacial score (nSPS) is 15.8. The lowest BCUT2D eigenvalue weighted by Crippen LogP contribution is -2.47. The molecule has 6 heteroatoms. The van der Waals surface area contributed by atoms with Crippen molar-refractivity contribution in [3.05, 3.63) is 51.7 Å². The van der Waals surface area contributed by atoms with E-state index >= 15 is 0 Å². The Morgan fingerprint density at radius 1 is 1.23 bits per heavy atom. The molecule has 0 spiro atoms. The van der Waals surface area contributed by atoms with Crippen LogP contribution in [-0.4, -0.2) is 47.9 Å². The largest absolute Gasteiger partial charge is 0.491 e. The summed E-state index contributed by atoms with van der Waals surface area (Å²) >= 11 is 1.74. The zero-order valence-electron chi connectivity index (χ0n) is 18.4. The van der Waals surface area contributed by atoms with Crippen molar-refractivity contribution in [2.24, 2.45) is 5.92 Å². The first-order chi connectivity index (χ1) is 14.3. The van der Waals surface area contributed by atoms with E-state index in [0.29, 0.717) is 25.6 Å². The summed E-state index contributed by atoms with van der Waals surface area (Å²) in [6.45, 7) is 9.64. The van der Waals surface area contributed by atoms with Crippen LogP contribution in [0.25, 0.3) is 0 Å². The lowest BCUT2D eigenvalue weighted by Gasteiger charge is -2.37. The van der Waals surface area contributed by atoms with Gasteiger partial charge in [0.05, 0.1) is 12.6 Å². The number of aryl methyl sites for hydroxylation is 1. The van der Waals surface area contributed by atoms with Gasteiger partial charge in [-0.1, -0.05) is 31.5 Å². The van der Waals surface area contributed by atoms with Crippen LogP contribution in [0.4, 0.5) is 0 Å². The molecule has 5 nitrogen and oxygen atoms in total. The fourth-order valence-electron chi connectivity index (χ4n) is 3.70. The van der Waals surface area contributed by atoms with E-state index in [4.69, 9.17) is 4.74 Å². The molecule has 0 saturated heterocycles. The number of ether oxygens (including phenoxy) is 1. The van der Waals surface area contributed by atoms with E-state index in [9.17, 15) is 9.59 Å². The molecule has 0 radical (unpaired) electrons. The Morgan fingerprint density at radius 3 is 2.63 bits per heavy atom. The highest BCUT2D eigenvalue weighted by atomic mass is 32.1. The van der Waals surface area contributed by atoms with Gasteiger partial charge >= 0.3 is 0 Å². The number of carbonyl (C=O) groups excluding carboxylic acids is 2. The lowest BCUT2D eigenvalue weighted by atomic mass is 10.0. The maximum Gasteiger partial charge on any atom is 0.242 e. The minimum absolute atomic E-state index is 0.0108. The number of rotatable bonds is 8. The first-order valence-electron chi connectivity index (χ1n) is 10.7. The van der Waals surface area contributed by atoms with Crippen LogP contribution in [0.5, 0.6) is 5.75 Å². The quantitative estimate of drug-likeness (QED) is 0.624. The molecule has 2 amide bonds. The zero-order chi connectivity index (χ0) is 21.7. The van der Waals surface area contributed by atoms with E-state index in [2.05, 4.69) is 25.3 Å². The number of hydrogen-bond acceptors (Lipinski definition) is 4. The highest BCUT2D eigenvalue weighted by molar-refractivity contribution is 7.10. The van der Waals surface area contributed by atoms with Crippen LogP contribution in [0, 0.1) is 12.8 Å². The maximum absolute atomic E-state index is 13.2. The minimum Gasteiger partial charge on any atom is -0.491 e. The van der Waals surface area contributed by atoms with Crippen molar-refractivity contribution >= 4 is 23.2 Å². The molecule has 0 unspecified atom stereocenters. The Hall–Kier alpha value is -2.34. The first kappa shape index (κ1) is 22.3. The molecule has 3 rings (SSSR count). The Labute approximate surface area is 183 Å². The summed E-state index contributed by atoms with van der Waals surface area (Å²) in [4.78, 5) is 30.2. The molecule has 0 fully saturated rings. The Balaban J connectivity index is 1.73. The molecule has 2 heterocycles. The van der Waals surface area contributed by atoms with Gasteiger partial charge in [0.15, 0.2) is 0 Å². The highest BCUT2D eigenvalue weighted by Gasteiger charge is 2.33. The fraction of sp³-hybridized carbons (Fsp3) is 0.500. The summed E-state index contributed by atoms with van der Waals surface area (Å²) in [6, 6.07) is 9.94. The molecule has 1 aromatic heterocycles. The van der Waals surface area contributed by atoms with Gasteiger partial charge in [-0.05, 0) is 54.8 Å². The number of benzene rings is 1. The molecular weight excluding hydrogens is 396 g/mol. The van der Waals surface area contributed by atoms with Gasteiger partial charge in [-0.15, -0.1) is 11.3 Å². The smallest absolute Gasteiger partial charge is 0.242 e. The third-order valence-electron chi connectivity index (χ3n) is 5.59. The third-order valence-corrected chi connectivity index (χ3v) is 6.59. The fourth-order valence-corrected chi connectivity index (χ4v) is 4.63. The molecule has 1 aromatic carbocycles. The summed E-state index contributed by atoms with van der Waals surface area (Å²) in [5, 5.41) is 2.09. The van der Waals surface area contributed by atoms with Gasteiger partial charge < -0.3 is 14.5 Å². The molecule has 162 valence electrons. The number of thiophene rings is 1. The summed E-state index contributed by atoms with van der Waals surface area (Å²) in [5.74, 6) is 1.23. The van der Waals surface area contributed by atoms with Crippen molar-refractivity contribution in [2.45, 2.75) is 46.6 Å². The second-order valence-electron chi connectivity index (χ2n) is 8.40. The summed E-state index contributed by atoms with van der Waals surface area (Å²) in [5.41, 5.74) is 2.35. The van der Waals surface area contributed by atoms with Crippen molar-refractivity contribution in [1.82, 2.24) is 9.80 Å². The summed E-state index contributed by atoms with van der Waals surface area (Å²) in [7, 11) is 0. The van der Waals surface area contributed by atoms with E-state index in [1.807, 2.05) is 36.1 Å². The molecule has 1 aliphatic heterocycles. The van der Waals surface area contributed by atoms with Crippen molar-refractivity contribution in [1.29, 1.82) is 0 Å². The Bertz CT molecular complexity index is 860. The topological polar surface area (TPSA) is 49.9 Å². The average molecular weight is 429 g/mol. The van der Waals surface area contributed by atoms with E-state index in [0.717, 1.165) is 18.6 Å². The number of carbonyl (C=O) groups is 2. The van der Waals surface area contributed by atoms with Gasteiger partial charge in [-0.3, -0.25) is 9.59 Å². The maximum atomic E-state index is 13.2. The molecular formula is C24H32N2O3S. The van der Waals surface area contributed by atoms with Gasteiger partial charge in [0, 0.05) is 24.9 Å². The van der Waals surface area contributed by atoms with Crippen molar-refractivity contribution in [2.75, 3.05) is 26.2 Å². The third kappa shape index (κ3) is 5.63. The van der Waals surface area contributed by atoms with Crippen LogP contribution in [-0.2, 0) is 16.0 Å². The van der Waals surface area contributed by atoms with Gasteiger partial charge in [-0.25, -0.2) is 0 Å². The van der Waals surface area contributed by atoms with E-state index < -0.39 is 0 Å². The zero-order valence-corrected chi connectivity index (χ0v) is 19.2. The van der Waals surface area contributed by atoms with Crippen LogP contribution >= 0.6 is 11.3 Å². The molecule has 0 bridgehead atoms. The van der Waals surface area contributed by atoms with Crippen molar-refractivity contribution < 1.29 is 14.3 Å². The van der Waals surface area contributed by atoms with Gasteiger partial charge in [0.25, 0.3) is 0 Å². The first-order valence-corrected chi connectivity index (χ1v) is 11.5. The average Bonchev–Trinajstić information content (AvgIpc) is 3.19. The molecule has 30 heavy (non-hydrogen) atoms. The van der Waals surface area contributed by atoms with Crippen molar-refractivity contribution in [3.8, 4) is 5.75 Å². The lowest BCUT2D eigenvalue weighted by molar-refractivity contribution is -0.142. The second-order valence-corrected chi connectivity index (χ2v) is 9.40.